The van der Waals surface area contributed by atoms with Gasteiger partial charge in [-0.25, -0.2) is 9.59 Å². The zero-order valence-corrected chi connectivity index (χ0v) is 13.3. The second-order valence-corrected chi connectivity index (χ2v) is 4.51. The van der Waals surface area contributed by atoms with Crippen LogP contribution in [0, 0.1) is 11.3 Å². The molecule has 8 nitrogen and oxygen atoms in total. The van der Waals surface area contributed by atoms with E-state index in [9.17, 15) is 9.59 Å². The van der Waals surface area contributed by atoms with Crippen molar-refractivity contribution in [1.29, 1.82) is 5.26 Å². The van der Waals surface area contributed by atoms with Crippen molar-refractivity contribution in [1.82, 2.24) is 4.90 Å². The van der Waals surface area contributed by atoms with Crippen LogP contribution in [-0.4, -0.2) is 56.4 Å². The van der Waals surface area contributed by atoms with Gasteiger partial charge in [0.05, 0.1) is 26.4 Å². The molecule has 0 aliphatic carbocycles. The molecule has 0 amide bonds. The molecule has 0 aromatic heterocycles. The predicted octanol–water partition coefficient (Wildman–Crippen LogP) is 0.0651. The molecule has 1 rings (SSSR count). The van der Waals surface area contributed by atoms with Gasteiger partial charge in [-0.1, -0.05) is 0 Å². The van der Waals surface area contributed by atoms with E-state index in [1.54, 1.807) is 24.8 Å². The first-order valence-corrected chi connectivity index (χ1v) is 7.33. The fraction of sp³-hybridized carbons (Fsp3) is 0.533. The fourth-order valence-corrected chi connectivity index (χ4v) is 1.91. The number of nitriles is 1. The number of nitrogens with zero attached hydrogens (tertiary/aromatic N) is 2. The van der Waals surface area contributed by atoms with E-state index in [2.05, 4.69) is 0 Å². The van der Waals surface area contributed by atoms with Crippen LogP contribution in [-0.2, 0) is 23.8 Å². The van der Waals surface area contributed by atoms with E-state index in [1.807, 2.05) is 0 Å². The minimum atomic E-state index is -0.813. The van der Waals surface area contributed by atoms with E-state index < -0.39 is 11.9 Å². The van der Waals surface area contributed by atoms with Crippen LogP contribution in [0.2, 0.25) is 0 Å². The number of carbonyl (C=O) groups is 2. The second kappa shape index (κ2) is 9.48. The Hall–Kier alpha value is -2.53. The van der Waals surface area contributed by atoms with E-state index >= 15 is 0 Å². The van der Waals surface area contributed by atoms with E-state index in [-0.39, 0.29) is 30.2 Å². The van der Waals surface area contributed by atoms with E-state index in [0.717, 1.165) is 6.08 Å². The molecular weight excluding hydrogens is 302 g/mol. The summed E-state index contributed by atoms with van der Waals surface area (Å²) in [6.07, 6.45) is 1.11. The Bertz CT molecular complexity index is 542. The topological polar surface area (TPSA) is 115 Å². The third-order valence-corrected chi connectivity index (χ3v) is 3.03. The quantitative estimate of drug-likeness (QED) is 0.316. The molecule has 2 N–H and O–H groups in total. The zero-order valence-electron chi connectivity index (χ0n) is 13.3. The Morgan fingerprint density at radius 1 is 1.22 bits per heavy atom. The molecule has 1 saturated heterocycles. The van der Waals surface area contributed by atoms with Gasteiger partial charge < -0.3 is 24.8 Å². The Kier molecular flexibility index (Phi) is 7.63. The lowest BCUT2D eigenvalue weighted by molar-refractivity contribution is -0.138. The maximum Gasteiger partial charge on any atom is 0.348 e. The van der Waals surface area contributed by atoms with Crippen LogP contribution in [0.1, 0.15) is 13.8 Å². The first-order valence-electron chi connectivity index (χ1n) is 7.33. The molecular formula is C15H21N3O5. The van der Waals surface area contributed by atoms with Gasteiger partial charge in [0.2, 0.25) is 0 Å². The molecule has 0 aromatic carbocycles. The van der Waals surface area contributed by atoms with Crippen molar-refractivity contribution in [3.8, 4) is 6.07 Å². The van der Waals surface area contributed by atoms with Crippen LogP contribution in [0.15, 0.2) is 23.0 Å². The van der Waals surface area contributed by atoms with E-state index in [0.29, 0.717) is 26.3 Å². The van der Waals surface area contributed by atoms with Crippen molar-refractivity contribution < 1.29 is 23.8 Å². The van der Waals surface area contributed by atoms with Crippen LogP contribution in [0.4, 0.5) is 0 Å². The summed E-state index contributed by atoms with van der Waals surface area (Å²) < 4.78 is 15.0. The van der Waals surface area contributed by atoms with Gasteiger partial charge in [-0.05, 0) is 19.9 Å². The van der Waals surface area contributed by atoms with E-state index in [4.69, 9.17) is 25.2 Å². The number of ether oxygens (including phenoxy) is 3. The monoisotopic (exact) mass is 323 g/mol. The fourth-order valence-electron chi connectivity index (χ4n) is 1.91. The molecule has 0 atom stereocenters. The minimum absolute atomic E-state index is 0.0432. The smallest absolute Gasteiger partial charge is 0.348 e. The molecule has 1 aliphatic rings. The average molecular weight is 323 g/mol. The van der Waals surface area contributed by atoms with Gasteiger partial charge in [-0.2, -0.15) is 5.26 Å². The minimum Gasteiger partial charge on any atom is -0.462 e. The molecule has 0 radical (unpaired) electrons. The highest BCUT2D eigenvalue weighted by Crippen LogP contribution is 2.14. The number of esters is 2. The standard InChI is InChI=1S/C15H21N3O5/c1-3-22-14(19)11(10-16)9-12(15(20)23-4-2)13(17)18-5-7-21-8-6-18/h9H,3-8,17H2,1-2H3/b11-9-,13-12-. The van der Waals surface area contributed by atoms with Crippen LogP contribution in [0.5, 0.6) is 0 Å². The Morgan fingerprint density at radius 3 is 2.30 bits per heavy atom. The van der Waals surface area contributed by atoms with Crippen LogP contribution in [0.25, 0.3) is 0 Å². The van der Waals surface area contributed by atoms with Gasteiger partial charge in [0.1, 0.15) is 23.0 Å². The van der Waals surface area contributed by atoms with Crippen LogP contribution in [0.3, 0.4) is 0 Å². The second-order valence-electron chi connectivity index (χ2n) is 4.51. The number of hydrogen-bond donors (Lipinski definition) is 1. The molecule has 1 aliphatic heterocycles. The molecule has 0 aromatic rings. The summed E-state index contributed by atoms with van der Waals surface area (Å²) in [4.78, 5) is 25.6. The Morgan fingerprint density at radius 2 is 1.78 bits per heavy atom. The first kappa shape index (κ1) is 18.5. The van der Waals surface area contributed by atoms with Crippen molar-refractivity contribution in [3.63, 3.8) is 0 Å². The first-order chi connectivity index (χ1) is 11.0. The summed E-state index contributed by atoms with van der Waals surface area (Å²) >= 11 is 0. The van der Waals surface area contributed by atoms with Crippen molar-refractivity contribution in [2.75, 3.05) is 39.5 Å². The normalized spacial score (nSPS) is 16.2. The molecule has 126 valence electrons. The third kappa shape index (κ3) is 5.30. The third-order valence-electron chi connectivity index (χ3n) is 3.03. The van der Waals surface area contributed by atoms with Crippen LogP contribution < -0.4 is 5.73 Å². The van der Waals surface area contributed by atoms with Gasteiger partial charge in [0, 0.05) is 13.1 Å². The molecule has 23 heavy (non-hydrogen) atoms. The number of nitrogens with two attached hydrogens (primary N) is 1. The lowest BCUT2D eigenvalue weighted by atomic mass is 10.1. The van der Waals surface area contributed by atoms with E-state index in [1.165, 1.54) is 0 Å². The zero-order chi connectivity index (χ0) is 17.2. The largest absolute Gasteiger partial charge is 0.462 e. The number of carbonyl (C=O) groups excluding carboxylic acids is 2. The maximum absolute atomic E-state index is 12.1. The summed E-state index contributed by atoms with van der Waals surface area (Å²) in [5.74, 6) is -1.37. The lowest BCUT2D eigenvalue weighted by Gasteiger charge is -2.29. The highest BCUT2D eigenvalue weighted by Gasteiger charge is 2.22. The highest BCUT2D eigenvalue weighted by atomic mass is 16.5. The van der Waals surface area contributed by atoms with Gasteiger partial charge in [0.25, 0.3) is 0 Å². The lowest BCUT2D eigenvalue weighted by Crippen LogP contribution is -2.39. The molecule has 0 spiro atoms. The molecule has 1 fully saturated rings. The van der Waals surface area contributed by atoms with Crippen molar-refractivity contribution >= 4 is 11.9 Å². The molecule has 0 unspecified atom stereocenters. The number of morpholine rings is 1. The number of hydrogen-bond acceptors (Lipinski definition) is 8. The molecule has 0 bridgehead atoms. The van der Waals surface area contributed by atoms with Crippen molar-refractivity contribution in [3.05, 3.63) is 23.0 Å². The SMILES string of the molecule is CCOC(=O)/C(C#N)=C\C(C(=O)OCC)=C(/N)N1CCOCC1. The highest BCUT2D eigenvalue weighted by molar-refractivity contribution is 5.99. The van der Waals surface area contributed by atoms with Gasteiger partial charge in [-0.15, -0.1) is 0 Å². The molecule has 8 heteroatoms. The Balaban J connectivity index is 3.20. The molecule has 0 saturated carbocycles. The average Bonchev–Trinajstić information content (AvgIpc) is 2.56. The Labute approximate surface area is 135 Å². The number of rotatable bonds is 6. The summed E-state index contributed by atoms with van der Waals surface area (Å²) in [6, 6.07) is 1.72. The van der Waals surface area contributed by atoms with Crippen LogP contribution >= 0.6 is 0 Å². The van der Waals surface area contributed by atoms with Gasteiger partial charge >= 0.3 is 11.9 Å². The van der Waals surface area contributed by atoms with Gasteiger partial charge in [-0.3, -0.25) is 0 Å². The molecule has 1 heterocycles. The van der Waals surface area contributed by atoms with Crippen molar-refractivity contribution in [2.24, 2.45) is 5.73 Å². The maximum atomic E-state index is 12.1. The predicted molar refractivity (Wildman–Crippen MR) is 80.6 cm³/mol. The van der Waals surface area contributed by atoms with Gasteiger partial charge in [0.15, 0.2) is 0 Å². The summed E-state index contributed by atoms with van der Waals surface area (Å²) in [6.45, 7) is 5.50. The summed E-state index contributed by atoms with van der Waals surface area (Å²) in [5, 5.41) is 9.11. The summed E-state index contributed by atoms with van der Waals surface area (Å²) in [5.41, 5.74) is 5.69. The summed E-state index contributed by atoms with van der Waals surface area (Å²) in [7, 11) is 0. The van der Waals surface area contributed by atoms with Crippen molar-refractivity contribution in [2.45, 2.75) is 13.8 Å².